The van der Waals surface area contributed by atoms with E-state index in [1.807, 2.05) is 0 Å². The molecule has 0 spiro atoms. The summed E-state index contributed by atoms with van der Waals surface area (Å²) in [7, 11) is 0. The van der Waals surface area contributed by atoms with Crippen LogP contribution in [0, 0.1) is 0 Å². The Labute approximate surface area is 102 Å². The minimum Gasteiger partial charge on any atom is -0.428 e. The molecule has 0 atom stereocenters. The van der Waals surface area contributed by atoms with Gasteiger partial charge in [-0.3, -0.25) is 4.98 Å². The number of carbonyl (C=O) groups excluding carboxylic acids is 1. The van der Waals surface area contributed by atoms with Crippen LogP contribution in [-0.4, -0.2) is 11.1 Å². The van der Waals surface area contributed by atoms with E-state index in [1.54, 1.807) is 36.0 Å². The maximum Gasteiger partial charge on any atom is 0.514 e. The second kappa shape index (κ2) is 5.31. The van der Waals surface area contributed by atoms with E-state index < -0.39 is 6.16 Å². The van der Waals surface area contributed by atoms with Gasteiger partial charge in [-0.1, -0.05) is 0 Å². The van der Waals surface area contributed by atoms with Crippen molar-refractivity contribution < 1.29 is 14.3 Å². The van der Waals surface area contributed by atoms with Crippen LogP contribution in [0.25, 0.3) is 0 Å². The van der Waals surface area contributed by atoms with Crippen LogP contribution in [0.4, 0.5) is 10.5 Å². The number of nitrogen functional groups attached to an aromatic ring is 1. The molecule has 0 saturated carbocycles. The molecule has 88 valence electrons. The summed E-state index contributed by atoms with van der Waals surface area (Å²) < 4.78 is 9.83. The van der Waals surface area contributed by atoms with Gasteiger partial charge in [-0.15, -0.1) is 11.3 Å². The first-order chi connectivity index (χ1) is 8.24. The van der Waals surface area contributed by atoms with Crippen molar-refractivity contribution in [2.24, 2.45) is 0 Å². The van der Waals surface area contributed by atoms with Crippen molar-refractivity contribution in [2.75, 3.05) is 5.73 Å². The summed E-state index contributed by atoms with van der Waals surface area (Å²) in [6.07, 6.45) is 0.893. The van der Waals surface area contributed by atoms with E-state index in [9.17, 15) is 4.79 Å². The maximum absolute atomic E-state index is 11.3. The van der Waals surface area contributed by atoms with Crippen molar-refractivity contribution in [3.05, 3.63) is 40.8 Å². The molecule has 0 saturated heterocycles. The number of anilines is 1. The zero-order valence-electron chi connectivity index (χ0n) is 8.83. The first-order valence-electron chi connectivity index (χ1n) is 4.81. The molecule has 6 heteroatoms. The first kappa shape index (κ1) is 11.4. The minimum absolute atomic E-state index is 0.165. The topological polar surface area (TPSA) is 74.4 Å². The number of nitrogens with zero attached hydrogens (tertiary/aromatic N) is 1. The maximum atomic E-state index is 11.3. The second-order valence-corrected chi connectivity index (χ2v) is 4.15. The molecule has 0 amide bonds. The molecular formula is C11H10N2O3S. The Bertz CT molecular complexity index is 482. The van der Waals surface area contributed by atoms with Gasteiger partial charge in [-0.05, 0) is 24.3 Å². The van der Waals surface area contributed by atoms with Crippen LogP contribution in [0.3, 0.4) is 0 Å². The SMILES string of the molecule is Nc1ccc(OC(=O)OCc2cncs2)cc1. The van der Waals surface area contributed by atoms with Gasteiger partial charge in [0.25, 0.3) is 0 Å². The number of carbonyl (C=O) groups is 1. The number of aromatic nitrogens is 1. The first-order valence-corrected chi connectivity index (χ1v) is 5.69. The van der Waals surface area contributed by atoms with Crippen LogP contribution in [0.1, 0.15) is 4.88 Å². The molecule has 5 nitrogen and oxygen atoms in total. The highest BCUT2D eigenvalue weighted by atomic mass is 32.1. The lowest BCUT2D eigenvalue weighted by Gasteiger charge is -2.04. The van der Waals surface area contributed by atoms with Gasteiger partial charge in [0.05, 0.1) is 10.4 Å². The summed E-state index contributed by atoms with van der Waals surface area (Å²) in [4.78, 5) is 16.0. The normalized spacial score (nSPS) is 9.88. The van der Waals surface area contributed by atoms with Crippen LogP contribution < -0.4 is 10.5 Å². The Hall–Kier alpha value is -2.08. The lowest BCUT2D eigenvalue weighted by molar-refractivity contribution is 0.0936. The van der Waals surface area contributed by atoms with Gasteiger partial charge in [0.1, 0.15) is 12.4 Å². The monoisotopic (exact) mass is 250 g/mol. The Balaban J connectivity index is 1.83. The Morgan fingerprint density at radius 3 is 2.76 bits per heavy atom. The fourth-order valence-corrected chi connectivity index (χ4v) is 1.61. The van der Waals surface area contributed by atoms with Gasteiger partial charge in [-0.2, -0.15) is 0 Å². The third kappa shape index (κ3) is 3.46. The molecule has 2 N–H and O–H groups in total. The lowest BCUT2D eigenvalue weighted by Crippen LogP contribution is -2.09. The molecule has 1 aromatic carbocycles. The van der Waals surface area contributed by atoms with E-state index >= 15 is 0 Å². The molecule has 0 unspecified atom stereocenters. The average molecular weight is 250 g/mol. The van der Waals surface area contributed by atoms with Crippen molar-refractivity contribution in [2.45, 2.75) is 6.61 Å². The highest BCUT2D eigenvalue weighted by molar-refractivity contribution is 7.09. The highest BCUT2D eigenvalue weighted by Gasteiger charge is 2.06. The fourth-order valence-electron chi connectivity index (χ4n) is 1.11. The number of hydrogen-bond donors (Lipinski definition) is 1. The average Bonchev–Trinajstić information content (AvgIpc) is 2.83. The Kier molecular flexibility index (Phi) is 3.56. The smallest absolute Gasteiger partial charge is 0.428 e. The Morgan fingerprint density at radius 1 is 1.35 bits per heavy atom. The van der Waals surface area contributed by atoms with Crippen molar-refractivity contribution >= 4 is 23.2 Å². The van der Waals surface area contributed by atoms with Crippen LogP contribution in [0.2, 0.25) is 0 Å². The number of thiazole rings is 1. The van der Waals surface area contributed by atoms with Gasteiger partial charge >= 0.3 is 6.16 Å². The Morgan fingerprint density at radius 2 is 2.12 bits per heavy atom. The molecule has 0 aliphatic heterocycles. The van der Waals surface area contributed by atoms with E-state index in [2.05, 4.69) is 4.98 Å². The standard InChI is InChI=1S/C11H10N2O3S/c12-8-1-3-9(4-2-8)16-11(14)15-6-10-5-13-7-17-10/h1-5,7H,6,12H2. The van der Waals surface area contributed by atoms with E-state index in [-0.39, 0.29) is 6.61 Å². The van der Waals surface area contributed by atoms with E-state index in [1.165, 1.54) is 11.3 Å². The molecule has 0 radical (unpaired) electrons. The number of rotatable bonds is 3. The molecule has 1 heterocycles. The van der Waals surface area contributed by atoms with E-state index in [4.69, 9.17) is 15.2 Å². The van der Waals surface area contributed by atoms with E-state index in [0.717, 1.165) is 4.88 Å². The van der Waals surface area contributed by atoms with Crippen LogP contribution >= 0.6 is 11.3 Å². The quantitative estimate of drug-likeness (QED) is 0.514. The number of benzene rings is 1. The largest absolute Gasteiger partial charge is 0.514 e. The number of ether oxygens (including phenoxy) is 2. The summed E-state index contributed by atoms with van der Waals surface area (Å²) >= 11 is 1.41. The number of hydrogen-bond acceptors (Lipinski definition) is 6. The fraction of sp³-hybridized carbons (Fsp3) is 0.0909. The molecule has 2 rings (SSSR count). The highest BCUT2D eigenvalue weighted by Crippen LogP contribution is 2.14. The summed E-state index contributed by atoms with van der Waals surface area (Å²) in [6, 6.07) is 6.49. The summed E-state index contributed by atoms with van der Waals surface area (Å²) in [5, 5.41) is 0. The summed E-state index contributed by atoms with van der Waals surface area (Å²) in [6.45, 7) is 0.165. The minimum atomic E-state index is -0.747. The zero-order chi connectivity index (χ0) is 12.1. The van der Waals surface area contributed by atoms with Crippen LogP contribution in [0.15, 0.2) is 36.0 Å². The van der Waals surface area contributed by atoms with E-state index in [0.29, 0.717) is 11.4 Å². The molecule has 2 aromatic rings. The van der Waals surface area contributed by atoms with Gasteiger partial charge in [0.2, 0.25) is 0 Å². The predicted octanol–water partition coefficient (Wildman–Crippen LogP) is 2.44. The number of nitrogens with two attached hydrogens (primary N) is 1. The summed E-state index contributed by atoms with van der Waals surface area (Å²) in [5.74, 6) is 0.397. The van der Waals surface area contributed by atoms with Gasteiger partial charge < -0.3 is 15.2 Å². The van der Waals surface area contributed by atoms with Crippen LogP contribution in [-0.2, 0) is 11.3 Å². The summed E-state index contributed by atoms with van der Waals surface area (Å²) in [5.41, 5.74) is 7.78. The molecular weight excluding hydrogens is 240 g/mol. The van der Waals surface area contributed by atoms with Crippen LogP contribution in [0.5, 0.6) is 5.75 Å². The second-order valence-electron chi connectivity index (χ2n) is 3.18. The van der Waals surface area contributed by atoms with Crippen molar-refractivity contribution in [1.29, 1.82) is 0 Å². The van der Waals surface area contributed by atoms with Crippen molar-refractivity contribution in [3.8, 4) is 5.75 Å². The van der Waals surface area contributed by atoms with Crippen molar-refractivity contribution in [1.82, 2.24) is 4.98 Å². The molecule has 0 fully saturated rings. The molecule has 0 bridgehead atoms. The molecule has 0 aliphatic rings. The third-order valence-electron chi connectivity index (χ3n) is 1.90. The van der Waals surface area contributed by atoms with Gasteiger partial charge in [0.15, 0.2) is 0 Å². The van der Waals surface area contributed by atoms with Gasteiger partial charge in [-0.25, -0.2) is 4.79 Å². The molecule has 1 aromatic heterocycles. The predicted molar refractivity (Wildman–Crippen MR) is 63.8 cm³/mol. The van der Waals surface area contributed by atoms with Crippen molar-refractivity contribution in [3.63, 3.8) is 0 Å². The molecule has 0 aliphatic carbocycles. The zero-order valence-corrected chi connectivity index (χ0v) is 9.65. The molecule has 17 heavy (non-hydrogen) atoms. The van der Waals surface area contributed by atoms with Gasteiger partial charge in [0, 0.05) is 11.9 Å². The lowest BCUT2D eigenvalue weighted by atomic mass is 10.3. The third-order valence-corrected chi connectivity index (χ3v) is 2.65.